The minimum Gasteiger partial charge on any atom is -0.335 e. The van der Waals surface area contributed by atoms with Crippen molar-refractivity contribution < 1.29 is 9.68 Å². The van der Waals surface area contributed by atoms with E-state index in [1.54, 1.807) is 40.3 Å². The smallest absolute Gasteiger partial charge is 0.329 e. The molecule has 4 nitrogen and oxygen atoms in total. The van der Waals surface area contributed by atoms with Crippen molar-refractivity contribution in [2.45, 2.75) is 6.92 Å². The van der Waals surface area contributed by atoms with Crippen LogP contribution in [0.3, 0.4) is 0 Å². The zero-order valence-corrected chi connectivity index (χ0v) is 8.41. The van der Waals surface area contributed by atoms with Crippen LogP contribution in [-0.2, 0) is 0 Å². The van der Waals surface area contributed by atoms with E-state index in [4.69, 9.17) is 9.68 Å². The fourth-order valence-corrected chi connectivity index (χ4v) is 1.09. The van der Waals surface area contributed by atoms with Crippen LogP contribution >= 0.6 is 0 Å². The molecule has 0 saturated carbocycles. The van der Waals surface area contributed by atoms with Crippen LogP contribution in [0, 0.1) is 0 Å². The van der Waals surface area contributed by atoms with Gasteiger partial charge in [-0.15, -0.1) is 0 Å². The highest BCUT2D eigenvalue weighted by atomic mass is 16.8. The Morgan fingerprint density at radius 1 is 0.867 bits per heavy atom. The van der Waals surface area contributed by atoms with E-state index < -0.39 is 0 Å². The molecule has 4 heteroatoms. The number of allylic oxidation sites excluding steroid dienone is 1. The van der Waals surface area contributed by atoms with Gasteiger partial charge in [-0.1, -0.05) is 0 Å². The average molecular weight is 204 g/mol. The Hall–Kier alpha value is -2.10. The van der Waals surface area contributed by atoms with Gasteiger partial charge in [0.1, 0.15) is 0 Å². The van der Waals surface area contributed by atoms with Crippen LogP contribution in [0.15, 0.2) is 61.1 Å². The molecule has 0 aliphatic carbocycles. The zero-order chi connectivity index (χ0) is 10.5. The minimum atomic E-state index is 0.419. The topological polar surface area (TPSA) is 28.3 Å². The summed E-state index contributed by atoms with van der Waals surface area (Å²) >= 11 is 0. The Morgan fingerprint density at radius 2 is 1.27 bits per heavy atom. The van der Waals surface area contributed by atoms with Crippen LogP contribution in [0.2, 0.25) is 0 Å². The fourth-order valence-electron chi connectivity index (χ4n) is 1.09. The Bertz CT molecular complexity index is 377. The van der Waals surface area contributed by atoms with Crippen molar-refractivity contribution in [3.8, 4) is 0 Å². The summed E-state index contributed by atoms with van der Waals surface area (Å²) in [5.41, 5.74) is 0. The van der Waals surface area contributed by atoms with E-state index in [1.165, 1.54) is 0 Å². The minimum absolute atomic E-state index is 0.419. The second-order valence-electron chi connectivity index (χ2n) is 2.88. The van der Waals surface area contributed by atoms with Crippen LogP contribution in [-0.4, -0.2) is 9.46 Å². The number of hydrogen-bond donors (Lipinski definition) is 0. The van der Waals surface area contributed by atoms with Gasteiger partial charge in [-0.05, 0) is 37.3 Å². The monoisotopic (exact) mass is 204 g/mol. The van der Waals surface area contributed by atoms with Crippen LogP contribution in [0.25, 0.3) is 0 Å². The first-order valence-corrected chi connectivity index (χ1v) is 4.67. The lowest BCUT2D eigenvalue weighted by molar-refractivity contribution is 0.0170. The maximum Gasteiger partial charge on any atom is 0.329 e. The van der Waals surface area contributed by atoms with Gasteiger partial charge in [-0.2, -0.15) is 9.46 Å². The molecule has 0 atom stereocenters. The molecule has 0 amide bonds. The summed E-state index contributed by atoms with van der Waals surface area (Å²) in [6, 6.07) is 7.51. The van der Waals surface area contributed by atoms with Gasteiger partial charge in [-0.3, -0.25) is 0 Å². The van der Waals surface area contributed by atoms with Gasteiger partial charge in [0.15, 0.2) is 0 Å². The van der Waals surface area contributed by atoms with Gasteiger partial charge >= 0.3 is 5.95 Å². The molecule has 15 heavy (non-hydrogen) atoms. The normalized spacial score (nSPS) is 9.67. The van der Waals surface area contributed by atoms with Gasteiger partial charge in [0.25, 0.3) is 0 Å². The largest absolute Gasteiger partial charge is 0.335 e. The third-order valence-electron chi connectivity index (χ3n) is 1.78. The summed E-state index contributed by atoms with van der Waals surface area (Å²) in [5, 5.41) is 0. The van der Waals surface area contributed by atoms with Crippen molar-refractivity contribution in [3.05, 3.63) is 61.1 Å². The van der Waals surface area contributed by atoms with E-state index in [9.17, 15) is 0 Å². The molecule has 2 rings (SSSR count). The molecule has 0 unspecified atom stereocenters. The molecule has 0 aliphatic heterocycles. The zero-order valence-electron chi connectivity index (χ0n) is 8.41. The molecule has 0 bridgehead atoms. The Balaban J connectivity index is 2.00. The Morgan fingerprint density at radius 3 is 1.60 bits per heavy atom. The van der Waals surface area contributed by atoms with Crippen LogP contribution < -0.4 is 9.68 Å². The maximum atomic E-state index is 5.41. The first kappa shape index (κ1) is 9.45. The summed E-state index contributed by atoms with van der Waals surface area (Å²) in [6.45, 7) is 1.85. The van der Waals surface area contributed by atoms with E-state index >= 15 is 0 Å². The predicted molar refractivity (Wildman–Crippen MR) is 55.8 cm³/mol. The molecule has 0 spiro atoms. The van der Waals surface area contributed by atoms with Crippen molar-refractivity contribution >= 4 is 0 Å². The molecule has 0 aromatic carbocycles. The highest BCUT2D eigenvalue weighted by molar-refractivity contribution is 4.92. The van der Waals surface area contributed by atoms with E-state index in [2.05, 4.69) is 0 Å². The molecule has 2 heterocycles. The Labute approximate surface area is 87.9 Å². The number of hydrogen-bond acceptors (Lipinski definition) is 2. The van der Waals surface area contributed by atoms with Crippen LogP contribution in [0.1, 0.15) is 6.92 Å². The standard InChI is InChI=1S/C11H12N2O2/c1-2-11(14-12-7-3-4-8-12)15-13-9-5-6-10-13/h2-10H,1H3. The summed E-state index contributed by atoms with van der Waals surface area (Å²) in [4.78, 5) is 10.8. The third kappa shape index (κ3) is 2.43. The first-order valence-electron chi connectivity index (χ1n) is 4.67. The van der Waals surface area contributed by atoms with Gasteiger partial charge in [0.2, 0.25) is 0 Å². The van der Waals surface area contributed by atoms with Crippen molar-refractivity contribution in [2.75, 3.05) is 0 Å². The summed E-state index contributed by atoms with van der Waals surface area (Å²) in [6.07, 6.45) is 8.93. The molecule has 0 aliphatic rings. The second-order valence-corrected chi connectivity index (χ2v) is 2.88. The van der Waals surface area contributed by atoms with E-state index in [1.807, 2.05) is 31.2 Å². The maximum absolute atomic E-state index is 5.41. The van der Waals surface area contributed by atoms with Gasteiger partial charge < -0.3 is 9.68 Å². The predicted octanol–water partition coefficient (Wildman–Crippen LogP) is 1.71. The third-order valence-corrected chi connectivity index (χ3v) is 1.78. The summed E-state index contributed by atoms with van der Waals surface area (Å²) in [7, 11) is 0. The molecule has 0 N–H and O–H groups in total. The molecule has 2 aromatic rings. The molecular formula is C11H12N2O2. The van der Waals surface area contributed by atoms with E-state index in [-0.39, 0.29) is 0 Å². The highest BCUT2D eigenvalue weighted by Crippen LogP contribution is 1.96. The number of rotatable bonds is 4. The fraction of sp³-hybridized carbons (Fsp3) is 0.0909. The highest BCUT2D eigenvalue weighted by Gasteiger charge is 2.00. The van der Waals surface area contributed by atoms with Gasteiger partial charge in [0, 0.05) is 24.8 Å². The van der Waals surface area contributed by atoms with Crippen molar-refractivity contribution in [2.24, 2.45) is 0 Å². The molecule has 2 aromatic heterocycles. The molecular weight excluding hydrogens is 192 g/mol. The molecule has 0 fully saturated rings. The quantitative estimate of drug-likeness (QED) is 0.709. The molecule has 0 radical (unpaired) electrons. The van der Waals surface area contributed by atoms with Crippen molar-refractivity contribution in [1.29, 1.82) is 0 Å². The van der Waals surface area contributed by atoms with Gasteiger partial charge in [-0.25, -0.2) is 0 Å². The lowest BCUT2D eigenvalue weighted by Gasteiger charge is -2.10. The Kier molecular flexibility index (Phi) is 2.78. The number of aromatic nitrogens is 2. The van der Waals surface area contributed by atoms with E-state index in [0.717, 1.165) is 0 Å². The van der Waals surface area contributed by atoms with Crippen molar-refractivity contribution in [1.82, 2.24) is 9.46 Å². The van der Waals surface area contributed by atoms with Crippen molar-refractivity contribution in [3.63, 3.8) is 0 Å². The number of nitrogens with zero attached hydrogens (tertiary/aromatic N) is 2. The molecule has 0 saturated heterocycles. The molecule has 78 valence electrons. The first-order chi connectivity index (χ1) is 7.38. The summed E-state index contributed by atoms with van der Waals surface area (Å²) < 4.78 is 3.14. The second kappa shape index (κ2) is 4.41. The van der Waals surface area contributed by atoms with Crippen LogP contribution in [0.4, 0.5) is 0 Å². The van der Waals surface area contributed by atoms with Crippen LogP contribution in [0.5, 0.6) is 0 Å². The van der Waals surface area contributed by atoms with Gasteiger partial charge in [0.05, 0.1) is 0 Å². The summed E-state index contributed by atoms with van der Waals surface area (Å²) in [5.74, 6) is 0.419. The SMILES string of the molecule is CC=C(On1cccc1)On1cccc1. The van der Waals surface area contributed by atoms with E-state index in [0.29, 0.717) is 5.95 Å². The lowest BCUT2D eigenvalue weighted by Crippen LogP contribution is -2.19. The lowest BCUT2D eigenvalue weighted by atomic mass is 10.7. The average Bonchev–Trinajstić information content (AvgIpc) is 2.89.